The minimum Gasteiger partial charge on any atom is -0.386 e. The van der Waals surface area contributed by atoms with Gasteiger partial charge in [0.15, 0.2) is 0 Å². The molecule has 17 heavy (non-hydrogen) atoms. The molecule has 0 radical (unpaired) electrons. The van der Waals surface area contributed by atoms with Crippen LogP contribution in [0, 0.1) is 0 Å². The Bertz CT molecular complexity index is 391. The van der Waals surface area contributed by atoms with Crippen molar-refractivity contribution in [3.05, 3.63) is 5.82 Å². The molecule has 0 amide bonds. The number of β-amino-alcohol motifs (C(OH)–C–C–N with tert-alkyl or cyclic N) is 1. The maximum atomic E-state index is 10.1. The third-order valence-electron chi connectivity index (χ3n) is 3.04. The Morgan fingerprint density at radius 2 is 2.06 bits per heavy atom. The molecule has 1 aromatic rings. The zero-order valence-corrected chi connectivity index (χ0v) is 11.8. The number of nitrogens with zero attached hydrogens (tertiary/aromatic N) is 3. The van der Waals surface area contributed by atoms with Gasteiger partial charge < -0.3 is 10.0 Å². The van der Waals surface area contributed by atoms with Gasteiger partial charge in [0.05, 0.1) is 18.7 Å². The molecule has 1 fully saturated rings. The maximum Gasteiger partial charge on any atom is 0.205 e. The average molecular weight is 255 g/mol. The summed E-state index contributed by atoms with van der Waals surface area (Å²) in [6.45, 7) is 9.83. The van der Waals surface area contributed by atoms with Gasteiger partial charge in [-0.05, 0) is 6.42 Å². The molecule has 96 valence electrons. The first-order valence-corrected chi connectivity index (χ1v) is 6.93. The highest BCUT2D eigenvalue weighted by atomic mass is 32.1. The quantitative estimate of drug-likeness (QED) is 0.899. The molecule has 1 aliphatic rings. The molecule has 1 aliphatic heterocycles. The lowest BCUT2D eigenvalue weighted by Gasteiger charge is -2.46. The monoisotopic (exact) mass is 255 g/mol. The van der Waals surface area contributed by atoms with Crippen molar-refractivity contribution in [1.82, 2.24) is 9.36 Å². The second kappa shape index (κ2) is 4.21. The molecular weight excluding hydrogens is 234 g/mol. The van der Waals surface area contributed by atoms with Gasteiger partial charge in [-0.3, -0.25) is 0 Å². The van der Waals surface area contributed by atoms with Gasteiger partial charge in [0.2, 0.25) is 5.13 Å². The van der Waals surface area contributed by atoms with E-state index in [1.807, 2.05) is 0 Å². The van der Waals surface area contributed by atoms with Crippen LogP contribution in [0.1, 0.15) is 46.4 Å². The van der Waals surface area contributed by atoms with Crippen LogP contribution in [0.25, 0.3) is 0 Å². The van der Waals surface area contributed by atoms with E-state index in [1.54, 1.807) is 0 Å². The first-order valence-electron chi connectivity index (χ1n) is 6.15. The van der Waals surface area contributed by atoms with Crippen molar-refractivity contribution in [2.75, 3.05) is 18.0 Å². The van der Waals surface area contributed by atoms with Crippen molar-refractivity contribution in [2.24, 2.45) is 0 Å². The van der Waals surface area contributed by atoms with Gasteiger partial charge in [-0.15, -0.1) is 0 Å². The van der Waals surface area contributed by atoms with Crippen LogP contribution >= 0.6 is 11.5 Å². The fourth-order valence-electron chi connectivity index (χ4n) is 2.07. The highest BCUT2D eigenvalue weighted by Gasteiger charge is 2.41. The Labute approximate surface area is 107 Å². The Balaban J connectivity index is 2.00. The molecule has 1 saturated heterocycles. The molecule has 1 aromatic heterocycles. The first kappa shape index (κ1) is 12.8. The van der Waals surface area contributed by atoms with E-state index in [0.29, 0.717) is 13.1 Å². The lowest BCUT2D eigenvalue weighted by molar-refractivity contribution is 0.00336. The molecule has 1 N–H and O–H groups in total. The molecule has 0 aromatic carbocycles. The highest BCUT2D eigenvalue weighted by Crippen LogP contribution is 2.33. The molecule has 0 saturated carbocycles. The molecule has 0 spiro atoms. The maximum absolute atomic E-state index is 10.1. The topological polar surface area (TPSA) is 49.2 Å². The summed E-state index contributed by atoms with van der Waals surface area (Å²) in [5.41, 5.74) is -0.498. The van der Waals surface area contributed by atoms with Crippen LogP contribution in [-0.4, -0.2) is 33.2 Å². The fourth-order valence-corrected chi connectivity index (χ4v) is 2.93. The van der Waals surface area contributed by atoms with Crippen molar-refractivity contribution in [2.45, 2.75) is 51.6 Å². The minimum atomic E-state index is -0.498. The van der Waals surface area contributed by atoms with Crippen LogP contribution < -0.4 is 4.90 Å². The van der Waals surface area contributed by atoms with E-state index in [0.717, 1.165) is 23.8 Å². The number of anilines is 1. The summed E-state index contributed by atoms with van der Waals surface area (Å²) >= 11 is 1.43. The summed E-state index contributed by atoms with van der Waals surface area (Å²) in [6.07, 6.45) is 1.89. The van der Waals surface area contributed by atoms with E-state index in [9.17, 15) is 5.11 Å². The van der Waals surface area contributed by atoms with E-state index in [1.165, 1.54) is 11.5 Å². The molecule has 0 atom stereocenters. The van der Waals surface area contributed by atoms with Crippen molar-refractivity contribution in [1.29, 1.82) is 0 Å². The zero-order chi connectivity index (χ0) is 12.7. The van der Waals surface area contributed by atoms with Crippen LogP contribution in [-0.2, 0) is 5.41 Å². The molecular formula is C12H21N3OS. The summed E-state index contributed by atoms with van der Waals surface area (Å²) in [5, 5.41) is 11.1. The highest BCUT2D eigenvalue weighted by molar-refractivity contribution is 7.09. The van der Waals surface area contributed by atoms with Crippen LogP contribution in [0.15, 0.2) is 0 Å². The molecule has 5 heteroatoms. The van der Waals surface area contributed by atoms with E-state index < -0.39 is 5.60 Å². The minimum absolute atomic E-state index is 0.000656. The van der Waals surface area contributed by atoms with Gasteiger partial charge in [-0.25, -0.2) is 4.98 Å². The Hall–Kier alpha value is -0.680. The molecule has 2 heterocycles. The van der Waals surface area contributed by atoms with E-state index in [4.69, 9.17) is 0 Å². The first-order chi connectivity index (χ1) is 7.84. The summed E-state index contributed by atoms with van der Waals surface area (Å²) in [7, 11) is 0. The number of aliphatic hydroxyl groups is 1. The predicted octanol–water partition coefficient (Wildman–Crippen LogP) is 2.19. The van der Waals surface area contributed by atoms with Crippen molar-refractivity contribution < 1.29 is 5.11 Å². The Morgan fingerprint density at radius 1 is 1.41 bits per heavy atom. The molecule has 2 rings (SSSR count). The summed E-state index contributed by atoms with van der Waals surface area (Å²) in [5.74, 6) is 0.892. The second-order valence-corrected chi connectivity index (χ2v) is 6.71. The smallest absolute Gasteiger partial charge is 0.205 e. The SMILES string of the molecule is CCCC1(O)CN(c2nc(C(C)(C)C)ns2)C1. The largest absolute Gasteiger partial charge is 0.386 e. The average Bonchev–Trinajstić information content (AvgIpc) is 2.61. The zero-order valence-electron chi connectivity index (χ0n) is 11.0. The lowest BCUT2D eigenvalue weighted by Crippen LogP contribution is -2.61. The molecule has 0 unspecified atom stereocenters. The summed E-state index contributed by atoms with van der Waals surface area (Å²) in [6, 6.07) is 0. The van der Waals surface area contributed by atoms with E-state index in [-0.39, 0.29) is 5.41 Å². The number of hydrogen-bond acceptors (Lipinski definition) is 5. The molecule has 4 nitrogen and oxygen atoms in total. The van der Waals surface area contributed by atoms with Gasteiger partial charge in [0.1, 0.15) is 5.82 Å². The Morgan fingerprint density at radius 3 is 2.53 bits per heavy atom. The fraction of sp³-hybridized carbons (Fsp3) is 0.833. The second-order valence-electron chi connectivity index (χ2n) is 5.98. The van der Waals surface area contributed by atoms with Gasteiger partial charge in [-0.1, -0.05) is 34.1 Å². The van der Waals surface area contributed by atoms with Crippen molar-refractivity contribution in [3.63, 3.8) is 0 Å². The number of aromatic nitrogens is 2. The molecule has 0 bridgehead atoms. The van der Waals surface area contributed by atoms with Crippen LogP contribution in [0.4, 0.5) is 5.13 Å². The van der Waals surface area contributed by atoms with E-state index in [2.05, 4.69) is 42.0 Å². The van der Waals surface area contributed by atoms with Crippen LogP contribution in [0.3, 0.4) is 0 Å². The Kier molecular flexibility index (Phi) is 3.16. The van der Waals surface area contributed by atoms with E-state index >= 15 is 0 Å². The number of hydrogen-bond donors (Lipinski definition) is 1. The van der Waals surface area contributed by atoms with Crippen molar-refractivity contribution >= 4 is 16.7 Å². The summed E-state index contributed by atoms with van der Waals surface area (Å²) < 4.78 is 4.39. The van der Waals surface area contributed by atoms with Crippen LogP contribution in [0.5, 0.6) is 0 Å². The third-order valence-corrected chi connectivity index (χ3v) is 3.82. The van der Waals surface area contributed by atoms with Crippen molar-refractivity contribution in [3.8, 4) is 0 Å². The van der Waals surface area contributed by atoms with Gasteiger partial charge in [-0.2, -0.15) is 4.37 Å². The van der Waals surface area contributed by atoms with Crippen LogP contribution in [0.2, 0.25) is 0 Å². The summed E-state index contributed by atoms with van der Waals surface area (Å²) in [4.78, 5) is 6.67. The van der Waals surface area contributed by atoms with Gasteiger partial charge in [0, 0.05) is 16.9 Å². The standard InChI is InChI=1S/C12H21N3OS/c1-5-6-12(16)7-15(8-12)10-13-9(14-17-10)11(2,3)4/h16H,5-8H2,1-4H3. The predicted molar refractivity (Wildman–Crippen MR) is 70.7 cm³/mol. The normalized spacial score (nSPS) is 19.2. The third kappa shape index (κ3) is 2.60. The lowest BCUT2D eigenvalue weighted by atomic mass is 9.90. The van der Waals surface area contributed by atoms with Gasteiger partial charge >= 0.3 is 0 Å². The van der Waals surface area contributed by atoms with Gasteiger partial charge in [0.25, 0.3) is 0 Å². The molecule has 0 aliphatic carbocycles. The number of rotatable bonds is 3.